The summed E-state index contributed by atoms with van der Waals surface area (Å²) >= 11 is 0. The largest absolute Gasteiger partial charge is 0.496 e. The van der Waals surface area contributed by atoms with Crippen LogP contribution in [-0.4, -0.2) is 53.3 Å². The molecule has 5 rings (SSSR count). The number of benzene rings is 2. The van der Waals surface area contributed by atoms with E-state index in [0.29, 0.717) is 29.7 Å². The first kappa shape index (κ1) is 24.8. The molecule has 2 heterocycles. The molecule has 0 spiro atoms. The Morgan fingerprint density at radius 2 is 1.94 bits per heavy atom. The van der Waals surface area contributed by atoms with Gasteiger partial charge in [0.1, 0.15) is 17.4 Å². The van der Waals surface area contributed by atoms with Gasteiger partial charge < -0.3 is 15.0 Å². The Balaban J connectivity index is 1.42. The number of fused-ring (bicyclic) bond motifs is 1. The molecule has 2 fully saturated rings. The second-order valence-corrected chi connectivity index (χ2v) is 12.0. The molecule has 0 atom stereocenters. The number of aryl methyl sites for hydroxylation is 1. The smallest absolute Gasteiger partial charge is 0.264 e. The number of rotatable bonds is 7. The van der Waals surface area contributed by atoms with Gasteiger partial charge in [-0.2, -0.15) is 0 Å². The van der Waals surface area contributed by atoms with E-state index >= 15 is 0 Å². The maximum absolute atomic E-state index is 13.4. The highest BCUT2D eigenvalue weighted by atomic mass is 31.1. The number of nitrogens with zero attached hydrogens (tertiary/aromatic N) is 3. The fourth-order valence-corrected chi connectivity index (χ4v) is 7.32. The topological polar surface area (TPSA) is 67.4 Å². The van der Waals surface area contributed by atoms with Gasteiger partial charge in [-0.15, -0.1) is 0 Å². The van der Waals surface area contributed by atoms with E-state index in [1.165, 1.54) is 6.07 Å². The van der Waals surface area contributed by atoms with Crippen molar-refractivity contribution in [3.05, 3.63) is 52.8 Å². The Bertz CT molecular complexity index is 1290. The summed E-state index contributed by atoms with van der Waals surface area (Å²) in [7, 11) is 1.19. The van der Waals surface area contributed by atoms with Crippen LogP contribution in [0.4, 0.5) is 14.6 Å². The molecule has 1 aromatic heterocycles. The zero-order valence-corrected chi connectivity index (χ0v) is 21.7. The van der Waals surface area contributed by atoms with E-state index < -0.39 is 14.3 Å². The number of nitrogens with one attached hydrogen (secondary N) is 1. The van der Waals surface area contributed by atoms with E-state index in [1.807, 2.05) is 24.0 Å². The lowest BCUT2D eigenvalue weighted by molar-refractivity contribution is -0.132. The van der Waals surface area contributed by atoms with Gasteiger partial charge in [0.25, 0.3) is 6.43 Å². The molecule has 2 aromatic carbocycles. The molecule has 1 aliphatic heterocycles. The first-order valence-corrected chi connectivity index (χ1v) is 14.1. The van der Waals surface area contributed by atoms with Gasteiger partial charge in [0.15, 0.2) is 0 Å². The Kier molecular flexibility index (Phi) is 7.07. The van der Waals surface area contributed by atoms with Crippen molar-refractivity contribution < 1.29 is 18.3 Å². The quantitative estimate of drug-likeness (QED) is 0.443. The maximum atomic E-state index is 13.4. The van der Waals surface area contributed by atoms with Crippen LogP contribution < -0.4 is 15.4 Å². The minimum absolute atomic E-state index is 0.0550. The highest BCUT2D eigenvalue weighted by Gasteiger charge is 2.35. The summed E-state index contributed by atoms with van der Waals surface area (Å²) in [6, 6.07) is 9.09. The number of anilines is 1. The van der Waals surface area contributed by atoms with E-state index in [2.05, 4.69) is 21.4 Å². The van der Waals surface area contributed by atoms with Gasteiger partial charge in [0.05, 0.1) is 12.6 Å². The van der Waals surface area contributed by atoms with Gasteiger partial charge in [-0.05, 0) is 56.2 Å². The normalized spacial score (nSPS) is 16.6. The molecule has 1 N–H and O–H groups in total. The van der Waals surface area contributed by atoms with Crippen molar-refractivity contribution >= 4 is 35.9 Å². The van der Waals surface area contributed by atoms with Crippen molar-refractivity contribution in [2.45, 2.75) is 39.7 Å². The summed E-state index contributed by atoms with van der Waals surface area (Å²) in [5.41, 5.74) is 2.23. The fourth-order valence-electron chi connectivity index (χ4n) is 4.87. The molecule has 0 bridgehead atoms. The zero-order valence-electron chi connectivity index (χ0n) is 20.9. The minimum atomic E-state index is -2.50. The van der Waals surface area contributed by atoms with Crippen LogP contribution in [0, 0.1) is 19.8 Å². The fraction of sp³-hybridized carbons (Fsp3) is 0.444. The Morgan fingerprint density at radius 1 is 1.19 bits per heavy atom. The number of methoxy groups -OCH3 is 1. The number of amides is 1. The van der Waals surface area contributed by atoms with Crippen molar-refractivity contribution in [2.24, 2.45) is 5.92 Å². The summed E-state index contributed by atoms with van der Waals surface area (Å²) in [5, 5.41) is 5.42. The third-order valence-corrected chi connectivity index (χ3v) is 9.65. The number of halogens is 2. The second kappa shape index (κ2) is 10.3. The Morgan fingerprint density at radius 3 is 2.61 bits per heavy atom. The summed E-state index contributed by atoms with van der Waals surface area (Å²) in [6.45, 7) is 5.53. The van der Waals surface area contributed by atoms with Gasteiger partial charge in [-0.25, -0.2) is 18.7 Å². The average molecular weight is 513 g/mol. The lowest BCUT2D eigenvalue weighted by atomic mass is 10.0. The second-order valence-electron chi connectivity index (χ2n) is 9.53. The number of hydrogen-bond donors (Lipinski definition) is 1. The van der Waals surface area contributed by atoms with Crippen molar-refractivity contribution in [3.8, 4) is 5.75 Å². The number of ether oxygens (including phenoxy) is 1. The van der Waals surface area contributed by atoms with Crippen LogP contribution in [-0.2, 0) is 11.3 Å². The molecule has 9 heteroatoms. The van der Waals surface area contributed by atoms with E-state index in [-0.39, 0.29) is 11.5 Å². The third-order valence-electron chi connectivity index (χ3n) is 7.14. The van der Waals surface area contributed by atoms with Crippen LogP contribution in [0.5, 0.6) is 5.75 Å². The van der Waals surface area contributed by atoms with Crippen LogP contribution in [0.15, 0.2) is 30.3 Å². The van der Waals surface area contributed by atoms with E-state index in [9.17, 15) is 13.6 Å². The first-order chi connectivity index (χ1) is 17.4. The number of aromatic nitrogens is 2. The van der Waals surface area contributed by atoms with E-state index in [0.717, 1.165) is 65.8 Å². The number of carbonyl (C=O) groups is 1. The Labute approximate surface area is 211 Å². The zero-order chi connectivity index (χ0) is 25.4. The number of carbonyl (C=O) groups excluding carboxylic acids is 1. The number of hydrogen-bond acceptors (Lipinski definition) is 5. The van der Waals surface area contributed by atoms with Gasteiger partial charge >= 0.3 is 0 Å². The molecule has 3 aromatic rings. The van der Waals surface area contributed by atoms with Gasteiger partial charge in [-0.1, -0.05) is 26.1 Å². The molecule has 1 aliphatic carbocycles. The van der Waals surface area contributed by atoms with Gasteiger partial charge in [0, 0.05) is 47.9 Å². The average Bonchev–Trinajstić information content (AvgIpc) is 3.72. The summed E-state index contributed by atoms with van der Waals surface area (Å²) in [6.07, 6.45) is 1.46. The van der Waals surface area contributed by atoms with E-state index in [1.54, 1.807) is 20.1 Å². The molecule has 1 amide bonds. The van der Waals surface area contributed by atoms with Gasteiger partial charge in [-0.3, -0.25) is 4.79 Å². The molecule has 0 radical (unpaired) electrons. The van der Waals surface area contributed by atoms with Crippen molar-refractivity contribution in [3.63, 3.8) is 0 Å². The van der Waals surface area contributed by atoms with Crippen molar-refractivity contribution in [2.75, 3.05) is 37.8 Å². The summed E-state index contributed by atoms with van der Waals surface area (Å²) < 4.78 is 32.5. The van der Waals surface area contributed by atoms with Crippen LogP contribution in [0.3, 0.4) is 0 Å². The molecule has 1 saturated heterocycles. The van der Waals surface area contributed by atoms with E-state index in [4.69, 9.17) is 4.74 Å². The molecule has 0 unspecified atom stereocenters. The SMILES string of the molecule is COc1cc2nc(C)nc(NCc3cccc(C(F)F)c3C)c2cc1P1CCN(C(=O)C2CC2)CC1. The van der Waals surface area contributed by atoms with Crippen LogP contribution in [0.25, 0.3) is 10.9 Å². The predicted octanol–water partition coefficient (Wildman–Crippen LogP) is 5.16. The van der Waals surface area contributed by atoms with Crippen LogP contribution in [0.2, 0.25) is 0 Å². The first-order valence-electron chi connectivity index (χ1n) is 12.4. The minimum Gasteiger partial charge on any atom is -0.496 e. The van der Waals surface area contributed by atoms with Gasteiger partial charge in [0.2, 0.25) is 5.91 Å². The highest BCUT2D eigenvalue weighted by Crippen LogP contribution is 2.43. The molecule has 36 heavy (non-hydrogen) atoms. The number of alkyl halides is 2. The molecule has 1 saturated carbocycles. The van der Waals surface area contributed by atoms with Crippen LogP contribution >= 0.6 is 7.92 Å². The summed E-state index contributed by atoms with van der Waals surface area (Å²) in [5.74, 6) is 2.69. The molecule has 2 aliphatic rings. The predicted molar refractivity (Wildman–Crippen MR) is 140 cm³/mol. The standard InChI is InChI=1S/C27H31F2N4O2P/c1-16-19(5-4-6-20(16)25(28)29)15-30-26-21-13-24(23(35-3)14-22(21)31-17(2)32-26)36-11-9-33(10-12-36)27(34)18-7-8-18/h4-6,13-14,18,25H,7-12,15H2,1-3H3,(H,30,31,32). The molecular formula is C27H31F2N4O2P. The van der Waals surface area contributed by atoms with Crippen molar-refractivity contribution in [1.29, 1.82) is 0 Å². The Hall–Kier alpha value is -2.86. The van der Waals surface area contributed by atoms with Crippen LogP contribution in [0.1, 0.15) is 41.8 Å². The highest BCUT2D eigenvalue weighted by molar-refractivity contribution is 7.66. The molecular weight excluding hydrogens is 481 g/mol. The summed E-state index contributed by atoms with van der Waals surface area (Å²) in [4.78, 5) is 23.8. The molecule has 190 valence electrons. The lowest BCUT2D eigenvalue weighted by Gasteiger charge is -2.33. The molecule has 6 nitrogen and oxygen atoms in total. The van der Waals surface area contributed by atoms with Crippen molar-refractivity contribution in [1.82, 2.24) is 14.9 Å². The monoisotopic (exact) mass is 512 g/mol. The lowest BCUT2D eigenvalue weighted by Crippen LogP contribution is -2.40. The maximum Gasteiger partial charge on any atom is 0.264 e. The third kappa shape index (κ3) is 5.01.